The van der Waals surface area contributed by atoms with Crippen LogP contribution in [0.1, 0.15) is 45.6 Å². The number of carbonyl (C=O) groups excluding carboxylic acids is 2. The number of carbonyl (C=O) groups is 2. The fourth-order valence-electron chi connectivity index (χ4n) is 3.51. The third-order valence-electron chi connectivity index (χ3n) is 5.29. The highest BCUT2D eigenvalue weighted by Crippen LogP contribution is 2.20. The molecule has 1 aliphatic heterocycles. The van der Waals surface area contributed by atoms with Gasteiger partial charge in [-0.25, -0.2) is 0 Å². The molecule has 2 amide bonds. The van der Waals surface area contributed by atoms with E-state index >= 15 is 0 Å². The summed E-state index contributed by atoms with van der Waals surface area (Å²) >= 11 is 0. The smallest absolute Gasteiger partial charge is 0.245 e. The van der Waals surface area contributed by atoms with Crippen LogP contribution in [0.3, 0.4) is 0 Å². The van der Waals surface area contributed by atoms with Crippen LogP contribution in [0.4, 0.5) is 0 Å². The lowest BCUT2D eigenvalue weighted by Crippen LogP contribution is -2.56. The van der Waals surface area contributed by atoms with Crippen LogP contribution in [0.5, 0.6) is 0 Å². The van der Waals surface area contributed by atoms with E-state index in [1.807, 2.05) is 56.0 Å². The lowest BCUT2D eigenvalue weighted by atomic mass is 9.94. The number of piperazine rings is 1. The maximum Gasteiger partial charge on any atom is 0.245 e. The second-order valence-electron chi connectivity index (χ2n) is 7.36. The molecule has 1 saturated heterocycles. The van der Waals surface area contributed by atoms with E-state index < -0.39 is 6.04 Å². The van der Waals surface area contributed by atoms with Gasteiger partial charge in [-0.3, -0.25) is 9.59 Å². The average molecular weight is 360 g/mol. The lowest BCUT2D eigenvalue weighted by Gasteiger charge is -2.37. The molecule has 0 aromatic heterocycles. The van der Waals surface area contributed by atoms with Crippen molar-refractivity contribution >= 4 is 11.8 Å². The van der Waals surface area contributed by atoms with Gasteiger partial charge in [0.05, 0.1) is 5.92 Å². The topological polar surface area (TPSA) is 52.7 Å². The molecule has 2 atom stereocenters. The summed E-state index contributed by atoms with van der Waals surface area (Å²) in [6.45, 7) is 12.4. The zero-order valence-corrected chi connectivity index (χ0v) is 16.6. The second kappa shape index (κ2) is 9.72. The summed E-state index contributed by atoms with van der Waals surface area (Å²) < 4.78 is 0. The zero-order chi connectivity index (χ0) is 19.1. The fraction of sp³-hybridized carbons (Fsp3) is 0.619. The molecule has 144 valence electrons. The Labute approximate surface area is 157 Å². The lowest BCUT2D eigenvalue weighted by molar-refractivity contribution is -0.139. The van der Waals surface area contributed by atoms with Crippen molar-refractivity contribution in [3.63, 3.8) is 0 Å². The maximum absolute atomic E-state index is 13.0. The van der Waals surface area contributed by atoms with Crippen molar-refractivity contribution in [2.45, 2.75) is 46.1 Å². The van der Waals surface area contributed by atoms with Crippen LogP contribution >= 0.6 is 0 Å². The molecular formula is C21H33N3O2. The number of hydrogen-bond donors (Lipinski definition) is 1. The molecule has 1 heterocycles. The molecule has 0 aliphatic carbocycles. The molecule has 1 aromatic rings. The molecule has 0 spiro atoms. The number of rotatable bonds is 7. The second-order valence-corrected chi connectivity index (χ2v) is 7.36. The molecule has 1 fully saturated rings. The Bertz CT molecular complexity index is 580. The van der Waals surface area contributed by atoms with Gasteiger partial charge in [-0.15, -0.1) is 0 Å². The van der Waals surface area contributed by atoms with Gasteiger partial charge in [0, 0.05) is 26.2 Å². The van der Waals surface area contributed by atoms with Crippen LogP contribution in [0.15, 0.2) is 30.3 Å². The Balaban J connectivity index is 2.05. The third-order valence-corrected chi connectivity index (χ3v) is 5.29. The van der Waals surface area contributed by atoms with Gasteiger partial charge in [0.15, 0.2) is 0 Å². The van der Waals surface area contributed by atoms with Crippen molar-refractivity contribution in [2.75, 3.05) is 32.7 Å². The number of benzene rings is 1. The summed E-state index contributed by atoms with van der Waals surface area (Å²) in [5.74, 6) is -0.170. The van der Waals surface area contributed by atoms with Crippen molar-refractivity contribution in [1.82, 2.24) is 15.1 Å². The van der Waals surface area contributed by atoms with Crippen LogP contribution in [-0.2, 0) is 9.59 Å². The molecule has 1 N–H and O–H groups in total. The van der Waals surface area contributed by atoms with E-state index in [2.05, 4.69) is 17.1 Å². The molecule has 5 heteroatoms. The van der Waals surface area contributed by atoms with E-state index in [9.17, 15) is 9.59 Å². The number of amides is 2. The number of nitrogens with one attached hydrogen (secondary N) is 1. The van der Waals surface area contributed by atoms with Crippen LogP contribution in [0, 0.1) is 5.92 Å². The van der Waals surface area contributed by atoms with Gasteiger partial charge >= 0.3 is 0 Å². The highest BCUT2D eigenvalue weighted by Gasteiger charge is 2.32. The van der Waals surface area contributed by atoms with E-state index in [-0.39, 0.29) is 23.7 Å². The fourth-order valence-corrected chi connectivity index (χ4v) is 3.51. The maximum atomic E-state index is 13.0. The van der Waals surface area contributed by atoms with E-state index in [4.69, 9.17) is 0 Å². The first-order valence-electron chi connectivity index (χ1n) is 9.84. The molecule has 0 saturated carbocycles. The highest BCUT2D eigenvalue weighted by molar-refractivity contribution is 5.90. The Hall–Kier alpha value is -1.88. The Morgan fingerprint density at radius 2 is 1.65 bits per heavy atom. The molecule has 1 aromatic carbocycles. The van der Waals surface area contributed by atoms with Crippen molar-refractivity contribution in [1.29, 1.82) is 0 Å². The first-order valence-corrected chi connectivity index (χ1v) is 9.84. The summed E-state index contributed by atoms with van der Waals surface area (Å²) in [6.07, 6.45) is 0.712. The van der Waals surface area contributed by atoms with Crippen molar-refractivity contribution in [3.05, 3.63) is 35.9 Å². The average Bonchev–Trinajstić information content (AvgIpc) is 2.67. The number of likely N-dealkylation sites (N-methyl/N-ethyl adjacent to an activating group) is 1. The number of hydrogen-bond acceptors (Lipinski definition) is 3. The third kappa shape index (κ3) is 5.07. The molecule has 1 aliphatic rings. The van der Waals surface area contributed by atoms with Crippen LogP contribution in [0.25, 0.3) is 0 Å². The predicted molar refractivity (Wildman–Crippen MR) is 105 cm³/mol. The quantitative estimate of drug-likeness (QED) is 0.814. The molecule has 5 nitrogen and oxygen atoms in total. The van der Waals surface area contributed by atoms with Crippen molar-refractivity contribution in [2.24, 2.45) is 5.92 Å². The van der Waals surface area contributed by atoms with Gasteiger partial charge < -0.3 is 15.1 Å². The summed E-state index contributed by atoms with van der Waals surface area (Å²) in [5.41, 5.74) is 0.999. The van der Waals surface area contributed by atoms with E-state index in [1.54, 1.807) is 0 Å². The van der Waals surface area contributed by atoms with E-state index in [0.29, 0.717) is 6.42 Å². The van der Waals surface area contributed by atoms with Crippen molar-refractivity contribution in [3.8, 4) is 0 Å². The Morgan fingerprint density at radius 3 is 2.15 bits per heavy atom. The molecule has 26 heavy (non-hydrogen) atoms. The SMILES string of the molecule is CCC(C(=O)NC(C(=O)N1CCN(CC)CC1)C(C)C)c1ccccc1. The molecular weight excluding hydrogens is 326 g/mol. The summed E-state index contributed by atoms with van der Waals surface area (Å²) in [6, 6.07) is 9.33. The number of nitrogens with zero attached hydrogens (tertiary/aromatic N) is 2. The van der Waals surface area contributed by atoms with Crippen LogP contribution in [-0.4, -0.2) is 60.4 Å². The minimum Gasteiger partial charge on any atom is -0.344 e. The first kappa shape index (κ1) is 20.4. The van der Waals surface area contributed by atoms with Gasteiger partial charge in [-0.1, -0.05) is 58.0 Å². The zero-order valence-electron chi connectivity index (χ0n) is 16.6. The van der Waals surface area contributed by atoms with Gasteiger partial charge in [0.25, 0.3) is 0 Å². The Morgan fingerprint density at radius 1 is 1.04 bits per heavy atom. The van der Waals surface area contributed by atoms with Gasteiger partial charge in [-0.2, -0.15) is 0 Å². The van der Waals surface area contributed by atoms with Crippen molar-refractivity contribution < 1.29 is 9.59 Å². The van der Waals surface area contributed by atoms with E-state index in [1.165, 1.54) is 0 Å². The standard InChI is InChI=1S/C21H33N3O2/c1-5-18(17-10-8-7-9-11-17)20(25)22-19(16(3)4)21(26)24-14-12-23(6-2)13-15-24/h7-11,16,18-19H,5-6,12-15H2,1-4H3,(H,22,25). The van der Waals surface area contributed by atoms with Gasteiger partial charge in [0.1, 0.15) is 6.04 Å². The highest BCUT2D eigenvalue weighted by atomic mass is 16.2. The normalized spacial score (nSPS) is 17.8. The van der Waals surface area contributed by atoms with Gasteiger partial charge in [-0.05, 0) is 24.4 Å². The molecule has 2 rings (SSSR count). The summed E-state index contributed by atoms with van der Waals surface area (Å²) in [7, 11) is 0. The molecule has 0 bridgehead atoms. The summed E-state index contributed by atoms with van der Waals surface area (Å²) in [4.78, 5) is 30.1. The predicted octanol–water partition coefficient (Wildman–Crippen LogP) is 2.49. The van der Waals surface area contributed by atoms with Gasteiger partial charge in [0.2, 0.25) is 11.8 Å². The Kier molecular flexibility index (Phi) is 7.64. The largest absolute Gasteiger partial charge is 0.344 e. The minimum absolute atomic E-state index is 0.0482. The van der Waals surface area contributed by atoms with E-state index in [0.717, 1.165) is 38.3 Å². The van der Waals surface area contributed by atoms with Crippen LogP contribution < -0.4 is 5.32 Å². The summed E-state index contributed by atoms with van der Waals surface area (Å²) in [5, 5.41) is 3.04. The van der Waals surface area contributed by atoms with Crippen LogP contribution in [0.2, 0.25) is 0 Å². The first-order chi connectivity index (χ1) is 12.5. The molecule has 0 radical (unpaired) electrons. The minimum atomic E-state index is -0.464. The monoisotopic (exact) mass is 359 g/mol. The molecule has 2 unspecified atom stereocenters.